The number of rotatable bonds is 4. The Bertz CT molecular complexity index is 616. The van der Waals surface area contributed by atoms with Crippen LogP contribution < -0.4 is 0 Å². The Hall–Kier alpha value is -1.34. The molecule has 2 heterocycles. The van der Waals surface area contributed by atoms with Crippen LogP contribution in [0.4, 0.5) is 0 Å². The SMILES string of the molecule is CCn1ncc(Cl)c1C(=O)N(C)Cc1c(Br)cnn1C. The standard InChI is InChI=1S/C12H15BrClN5O/c1-4-19-11(9(14)6-16-19)12(20)17(2)7-10-8(13)5-15-18(10)3/h5-6H,4,7H2,1-3H3. The molecule has 0 aliphatic carbocycles. The minimum Gasteiger partial charge on any atom is -0.334 e. The summed E-state index contributed by atoms with van der Waals surface area (Å²) in [4.78, 5) is 14.1. The van der Waals surface area contributed by atoms with Gasteiger partial charge in [0, 0.05) is 20.6 Å². The van der Waals surface area contributed by atoms with Crippen molar-refractivity contribution in [2.75, 3.05) is 7.05 Å². The van der Waals surface area contributed by atoms with Gasteiger partial charge < -0.3 is 4.90 Å². The van der Waals surface area contributed by atoms with E-state index in [1.165, 1.54) is 6.20 Å². The third kappa shape index (κ3) is 2.73. The lowest BCUT2D eigenvalue weighted by Gasteiger charge is -2.18. The minimum absolute atomic E-state index is 0.164. The van der Waals surface area contributed by atoms with Gasteiger partial charge in [-0.15, -0.1) is 0 Å². The van der Waals surface area contributed by atoms with Crippen molar-refractivity contribution in [2.45, 2.75) is 20.0 Å². The van der Waals surface area contributed by atoms with Crippen LogP contribution in [0.25, 0.3) is 0 Å². The van der Waals surface area contributed by atoms with Gasteiger partial charge in [-0.25, -0.2) is 0 Å². The van der Waals surface area contributed by atoms with E-state index in [1.54, 1.807) is 27.5 Å². The summed E-state index contributed by atoms with van der Waals surface area (Å²) in [7, 11) is 3.56. The molecular formula is C12H15BrClN5O. The van der Waals surface area contributed by atoms with Gasteiger partial charge in [-0.3, -0.25) is 14.2 Å². The molecule has 0 radical (unpaired) electrons. The molecule has 0 bridgehead atoms. The molecule has 0 aliphatic heterocycles. The molecule has 0 spiro atoms. The zero-order chi connectivity index (χ0) is 14.9. The van der Waals surface area contributed by atoms with E-state index in [1.807, 2.05) is 14.0 Å². The molecule has 2 aromatic heterocycles. The minimum atomic E-state index is -0.164. The summed E-state index contributed by atoms with van der Waals surface area (Å²) in [5, 5.41) is 8.58. The van der Waals surface area contributed by atoms with Crippen LogP contribution in [0.5, 0.6) is 0 Å². The first-order valence-electron chi connectivity index (χ1n) is 6.08. The van der Waals surface area contributed by atoms with E-state index < -0.39 is 0 Å². The maximum absolute atomic E-state index is 12.5. The van der Waals surface area contributed by atoms with Gasteiger partial charge in [0.1, 0.15) is 5.69 Å². The van der Waals surface area contributed by atoms with Gasteiger partial charge in [0.15, 0.2) is 0 Å². The molecule has 108 valence electrons. The summed E-state index contributed by atoms with van der Waals surface area (Å²) >= 11 is 9.47. The first-order chi connectivity index (χ1) is 9.45. The number of carbonyl (C=O) groups excluding carboxylic acids is 1. The first kappa shape index (κ1) is 15.1. The highest BCUT2D eigenvalue weighted by molar-refractivity contribution is 9.10. The zero-order valence-electron chi connectivity index (χ0n) is 11.5. The molecule has 8 heteroatoms. The number of carbonyl (C=O) groups is 1. The lowest BCUT2D eigenvalue weighted by atomic mass is 10.3. The summed E-state index contributed by atoms with van der Waals surface area (Å²) < 4.78 is 4.20. The van der Waals surface area contributed by atoms with Crippen molar-refractivity contribution >= 4 is 33.4 Å². The quantitative estimate of drug-likeness (QED) is 0.841. The molecule has 2 rings (SSSR count). The van der Waals surface area contributed by atoms with Gasteiger partial charge in [0.2, 0.25) is 0 Å². The van der Waals surface area contributed by atoms with Gasteiger partial charge in [-0.1, -0.05) is 11.6 Å². The van der Waals surface area contributed by atoms with Crippen molar-refractivity contribution in [1.29, 1.82) is 0 Å². The Morgan fingerprint density at radius 1 is 1.45 bits per heavy atom. The van der Waals surface area contributed by atoms with Crippen molar-refractivity contribution in [3.05, 3.63) is 33.3 Å². The summed E-state index contributed by atoms with van der Waals surface area (Å²) in [6.45, 7) is 2.94. The molecular weight excluding hydrogens is 346 g/mol. The van der Waals surface area contributed by atoms with E-state index in [9.17, 15) is 4.79 Å². The molecule has 6 nitrogen and oxygen atoms in total. The predicted molar refractivity (Wildman–Crippen MR) is 79.6 cm³/mol. The van der Waals surface area contributed by atoms with Crippen molar-refractivity contribution in [1.82, 2.24) is 24.5 Å². The highest BCUT2D eigenvalue weighted by Gasteiger charge is 2.22. The molecule has 2 aromatic rings. The number of halogens is 2. The van der Waals surface area contributed by atoms with Crippen molar-refractivity contribution in [3.8, 4) is 0 Å². The smallest absolute Gasteiger partial charge is 0.273 e. The van der Waals surface area contributed by atoms with E-state index in [0.29, 0.717) is 23.8 Å². The molecule has 0 unspecified atom stereocenters. The molecule has 0 aliphatic rings. The molecule has 0 N–H and O–H groups in total. The van der Waals surface area contributed by atoms with Crippen LogP contribution in [-0.4, -0.2) is 37.4 Å². The molecule has 0 saturated heterocycles. The second-order valence-electron chi connectivity index (χ2n) is 4.38. The van der Waals surface area contributed by atoms with E-state index >= 15 is 0 Å². The van der Waals surface area contributed by atoms with Gasteiger partial charge in [-0.2, -0.15) is 10.2 Å². The number of aromatic nitrogens is 4. The molecule has 0 fully saturated rings. The van der Waals surface area contributed by atoms with E-state index in [-0.39, 0.29) is 5.91 Å². The molecule has 0 saturated carbocycles. The average molecular weight is 361 g/mol. The predicted octanol–water partition coefficient (Wildman–Crippen LogP) is 2.32. The van der Waals surface area contributed by atoms with Gasteiger partial charge >= 0.3 is 0 Å². The molecule has 20 heavy (non-hydrogen) atoms. The second kappa shape index (κ2) is 5.97. The Balaban J connectivity index is 2.23. The topological polar surface area (TPSA) is 56.0 Å². The maximum atomic E-state index is 12.5. The Morgan fingerprint density at radius 3 is 2.70 bits per heavy atom. The fourth-order valence-electron chi connectivity index (χ4n) is 1.91. The molecule has 1 amide bonds. The fraction of sp³-hybridized carbons (Fsp3) is 0.417. The number of nitrogens with zero attached hydrogens (tertiary/aromatic N) is 5. The van der Waals surface area contributed by atoms with E-state index in [0.717, 1.165) is 10.2 Å². The van der Waals surface area contributed by atoms with Crippen molar-refractivity contribution in [3.63, 3.8) is 0 Å². The van der Waals surface area contributed by atoms with Gasteiger partial charge in [-0.05, 0) is 22.9 Å². The average Bonchev–Trinajstić information content (AvgIpc) is 2.94. The van der Waals surface area contributed by atoms with Crippen LogP contribution >= 0.6 is 27.5 Å². The van der Waals surface area contributed by atoms with E-state index in [4.69, 9.17) is 11.6 Å². The normalized spacial score (nSPS) is 10.8. The summed E-state index contributed by atoms with van der Waals surface area (Å²) in [6.07, 6.45) is 3.20. The largest absolute Gasteiger partial charge is 0.334 e. The Labute approximate surface area is 130 Å². The second-order valence-corrected chi connectivity index (χ2v) is 5.64. The fourth-order valence-corrected chi connectivity index (χ4v) is 2.60. The van der Waals surface area contributed by atoms with Crippen LogP contribution in [0.2, 0.25) is 5.02 Å². The van der Waals surface area contributed by atoms with Gasteiger partial charge in [0.25, 0.3) is 5.91 Å². The highest BCUT2D eigenvalue weighted by Crippen LogP contribution is 2.20. The third-order valence-electron chi connectivity index (χ3n) is 3.04. The summed E-state index contributed by atoms with van der Waals surface area (Å²) in [6, 6.07) is 0. The number of amides is 1. The number of hydrogen-bond donors (Lipinski definition) is 0. The van der Waals surface area contributed by atoms with Gasteiger partial charge in [0.05, 0.1) is 34.1 Å². The summed E-state index contributed by atoms with van der Waals surface area (Å²) in [5.41, 5.74) is 1.33. The number of hydrogen-bond acceptors (Lipinski definition) is 3. The van der Waals surface area contributed by atoms with Crippen LogP contribution in [0.15, 0.2) is 16.9 Å². The van der Waals surface area contributed by atoms with Crippen molar-refractivity contribution < 1.29 is 4.79 Å². The Morgan fingerprint density at radius 2 is 2.15 bits per heavy atom. The lowest BCUT2D eigenvalue weighted by molar-refractivity contribution is 0.0769. The van der Waals surface area contributed by atoms with Crippen LogP contribution in [0.3, 0.4) is 0 Å². The van der Waals surface area contributed by atoms with Crippen LogP contribution in [-0.2, 0) is 20.1 Å². The van der Waals surface area contributed by atoms with E-state index in [2.05, 4.69) is 26.1 Å². The molecule has 0 aromatic carbocycles. The van der Waals surface area contributed by atoms with Crippen LogP contribution in [0, 0.1) is 0 Å². The third-order valence-corrected chi connectivity index (χ3v) is 3.98. The molecule has 0 atom stereocenters. The summed E-state index contributed by atoms with van der Waals surface area (Å²) in [5.74, 6) is -0.164. The highest BCUT2D eigenvalue weighted by atomic mass is 79.9. The lowest BCUT2D eigenvalue weighted by Crippen LogP contribution is -2.29. The number of aryl methyl sites for hydroxylation is 2. The monoisotopic (exact) mass is 359 g/mol. The zero-order valence-corrected chi connectivity index (χ0v) is 13.8. The van der Waals surface area contributed by atoms with Crippen LogP contribution in [0.1, 0.15) is 23.1 Å². The van der Waals surface area contributed by atoms with Crippen molar-refractivity contribution in [2.24, 2.45) is 7.05 Å². The Kier molecular flexibility index (Phi) is 4.49. The maximum Gasteiger partial charge on any atom is 0.273 e. The first-order valence-corrected chi connectivity index (χ1v) is 7.26.